The van der Waals surface area contributed by atoms with Crippen molar-refractivity contribution in [3.63, 3.8) is 0 Å². The number of hydrogen-bond donors (Lipinski definition) is 0. The zero-order valence-corrected chi connectivity index (χ0v) is 11.2. The average molecular weight is 262 g/mol. The molecule has 0 aromatic carbocycles. The summed E-state index contributed by atoms with van der Waals surface area (Å²) in [6, 6.07) is 5.28. The van der Waals surface area contributed by atoms with Crippen molar-refractivity contribution in [2.24, 2.45) is 11.8 Å². The molecule has 0 radical (unpaired) electrons. The molecule has 1 aromatic heterocycles. The predicted octanol–water partition coefficient (Wildman–Crippen LogP) is 1.35. The standard InChI is InChI=1S/C14H18N2O3/c1-10-9-16(8-6-11(10)14(18)19-2)13(17)12-5-3-4-7-15-12/h3-5,7,10-11H,6,8-9H2,1-2H3/t10-,11+/m0/s1. The highest BCUT2D eigenvalue weighted by molar-refractivity contribution is 5.92. The molecule has 1 fully saturated rings. The van der Waals surface area contributed by atoms with Crippen molar-refractivity contribution < 1.29 is 14.3 Å². The molecule has 5 nitrogen and oxygen atoms in total. The van der Waals surface area contributed by atoms with Gasteiger partial charge in [-0.15, -0.1) is 0 Å². The van der Waals surface area contributed by atoms with E-state index in [0.717, 1.165) is 0 Å². The number of carbonyl (C=O) groups is 2. The van der Waals surface area contributed by atoms with Crippen molar-refractivity contribution in [1.82, 2.24) is 9.88 Å². The first-order valence-corrected chi connectivity index (χ1v) is 6.41. The number of amides is 1. The molecular weight excluding hydrogens is 244 g/mol. The summed E-state index contributed by atoms with van der Waals surface area (Å²) in [4.78, 5) is 29.6. The van der Waals surface area contributed by atoms with Crippen LogP contribution in [-0.4, -0.2) is 42.0 Å². The highest BCUT2D eigenvalue weighted by atomic mass is 16.5. The van der Waals surface area contributed by atoms with Gasteiger partial charge >= 0.3 is 5.97 Å². The molecule has 0 unspecified atom stereocenters. The second-order valence-electron chi connectivity index (χ2n) is 4.86. The fraction of sp³-hybridized carbons (Fsp3) is 0.500. The van der Waals surface area contributed by atoms with Gasteiger partial charge in [-0.1, -0.05) is 13.0 Å². The lowest BCUT2D eigenvalue weighted by Gasteiger charge is -2.35. The van der Waals surface area contributed by atoms with Crippen molar-refractivity contribution >= 4 is 11.9 Å². The first kappa shape index (κ1) is 13.5. The molecular formula is C14H18N2O3. The molecule has 1 aromatic rings. The number of ether oxygens (including phenoxy) is 1. The number of hydrogen-bond acceptors (Lipinski definition) is 4. The number of esters is 1. The number of piperidine rings is 1. The van der Waals surface area contributed by atoms with Gasteiger partial charge in [-0.2, -0.15) is 0 Å². The molecule has 1 amide bonds. The first-order chi connectivity index (χ1) is 9.13. The van der Waals surface area contributed by atoms with Gasteiger partial charge in [0, 0.05) is 19.3 Å². The molecule has 0 aliphatic carbocycles. The Kier molecular flexibility index (Phi) is 4.14. The van der Waals surface area contributed by atoms with Gasteiger partial charge in [0.15, 0.2) is 0 Å². The molecule has 2 heterocycles. The number of likely N-dealkylation sites (tertiary alicyclic amines) is 1. The third kappa shape index (κ3) is 2.92. The van der Waals surface area contributed by atoms with E-state index in [4.69, 9.17) is 4.74 Å². The smallest absolute Gasteiger partial charge is 0.309 e. The van der Waals surface area contributed by atoms with Gasteiger partial charge in [-0.25, -0.2) is 0 Å². The van der Waals surface area contributed by atoms with Crippen LogP contribution in [0.15, 0.2) is 24.4 Å². The summed E-state index contributed by atoms with van der Waals surface area (Å²) in [7, 11) is 1.40. The highest BCUT2D eigenvalue weighted by Crippen LogP contribution is 2.25. The lowest BCUT2D eigenvalue weighted by atomic mass is 9.87. The van der Waals surface area contributed by atoms with E-state index in [0.29, 0.717) is 25.2 Å². The Labute approximate surface area is 112 Å². The van der Waals surface area contributed by atoms with E-state index in [1.165, 1.54) is 7.11 Å². The fourth-order valence-electron chi connectivity index (χ4n) is 2.48. The Morgan fingerprint density at radius 1 is 1.42 bits per heavy atom. The Hall–Kier alpha value is -1.91. The maximum atomic E-state index is 12.2. The maximum absolute atomic E-state index is 12.2. The molecule has 5 heteroatoms. The number of pyridine rings is 1. The zero-order chi connectivity index (χ0) is 13.8. The monoisotopic (exact) mass is 262 g/mol. The van der Waals surface area contributed by atoms with Gasteiger partial charge < -0.3 is 9.64 Å². The van der Waals surface area contributed by atoms with Gasteiger partial charge in [0.2, 0.25) is 0 Å². The third-order valence-electron chi connectivity index (χ3n) is 3.58. The van der Waals surface area contributed by atoms with Crippen LogP contribution >= 0.6 is 0 Å². The van der Waals surface area contributed by atoms with Gasteiger partial charge in [0.05, 0.1) is 13.0 Å². The van der Waals surface area contributed by atoms with Crippen molar-refractivity contribution in [2.45, 2.75) is 13.3 Å². The van der Waals surface area contributed by atoms with Crippen LogP contribution in [0.25, 0.3) is 0 Å². The predicted molar refractivity (Wildman–Crippen MR) is 69.4 cm³/mol. The molecule has 0 bridgehead atoms. The number of methoxy groups -OCH3 is 1. The second kappa shape index (κ2) is 5.82. The molecule has 0 saturated carbocycles. The maximum Gasteiger partial charge on any atom is 0.309 e. The summed E-state index contributed by atoms with van der Waals surface area (Å²) in [5.41, 5.74) is 0.450. The molecule has 102 valence electrons. The van der Waals surface area contributed by atoms with Crippen molar-refractivity contribution in [3.8, 4) is 0 Å². The average Bonchev–Trinajstić information content (AvgIpc) is 2.46. The normalized spacial score (nSPS) is 22.9. The number of nitrogens with zero attached hydrogens (tertiary/aromatic N) is 2. The van der Waals surface area contributed by atoms with Crippen LogP contribution in [0.3, 0.4) is 0 Å². The third-order valence-corrected chi connectivity index (χ3v) is 3.58. The summed E-state index contributed by atoms with van der Waals surface area (Å²) < 4.78 is 4.79. The molecule has 1 saturated heterocycles. The summed E-state index contributed by atoms with van der Waals surface area (Å²) >= 11 is 0. The molecule has 2 rings (SSSR count). The van der Waals surface area contributed by atoms with Crippen LogP contribution in [0, 0.1) is 11.8 Å². The molecule has 1 aliphatic heterocycles. The Morgan fingerprint density at radius 3 is 2.79 bits per heavy atom. The highest BCUT2D eigenvalue weighted by Gasteiger charge is 2.34. The lowest BCUT2D eigenvalue weighted by molar-refractivity contribution is -0.148. The van der Waals surface area contributed by atoms with E-state index in [1.54, 1.807) is 29.3 Å². The van der Waals surface area contributed by atoms with Gasteiger partial charge in [-0.05, 0) is 24.5 Å². The minimum atomic E-state index is -0.183. The molecule has 0 N–H and O–H groups in total. The number of aromatic nitrogens is 1. The minimum absolute atomic E-state index is 0.0734. The quantitative estimate of drug-likeness (QED) is 0.755. The number of rotatable bonds is 2. The van der Waals surface area contributed by atoms with E-state index < -0.39 is 0 Å². The SMILES string of the molecule is COC(=O)[C@@H]1CCN(C(=O)c2ccccn2)C[C@@H]1C. The van der Waals surface area contributed by atoms with Crippen molar-refractivity contribution in [3.05, 3.63) is 30.1 Å². The van der Waals surface area contributed by atoms with Crippen LogP contribution in [0.5, 0.6) is 0 Å². The Balaban J connectivity index is 2.02. The largest absolute Gasteiger partial charge is 0.469 e. The fourth-order valence-corrected chi connectivity index (χ4v) is 2.48. The number of carbonyl (C=O) groups excluding carboxylic acids is 2. The van der Waals surface area contributed by atoms with Crippen LogP contribution in [0.1, 0.15) is 23.8 Å². The van der Waals surface area contributed by atoms with Gasteiger partial charge in [0.25, 0.3) is 5.91 Å². The first-order valence-electron chi connectivity index (χ1n) is 6.41. The molecule has 19 heavy (non-hydrogen) atoms. The van der Waals surface area contributed by atoms with Gasteiger partial charge in [-0.3, -0.25) is 14.6 Å². The van der Waals surface area contributed by atoms with E-state index in [-0.39, 0.29) is 23.7 Å². The Bertz CT molecular complexity index is 461. The van der Waals surface area contributed by atoms with Crippen LogP contribution in [0.4, 0.5) is 0 Å². The Morgan fingerprint density at radius 2 is 2.21 bits per heavy atom. The molecule has 1 aliphatic rings. The minimum Gasteiger partial charge on any atom is -0.469 e. The second-order valence-corrected chi connectivity index (χ2v) is 4.86. The summed E-state index contributed by atoms with van der Waals surface area (Å²) in [6.45, 7) is 3.11. The summed E-state index contributed by atoms with van der Waals surface area (Å²) in [5.74, 6) is -0.264. The van der Waals surface area contributed by atoms with Gasteiger partial charge in [0.1, 0.15) is 5.69 Å². The van der Waals surface area contributed by atoms with Crippen LogP contribution in [-0.2, 0) is 9.53 Å². The van der Waals surface area contributed by atoms with E-state index in [1.807, 2.05) is 6.92 Å². The topological polar surface area (TPSA) is 59.5 Å². The van der Waals surface area contributed by atoms with E-state index >= 15 is 0 Å². The molecule has 0 spiro atoms. The lowest BCUT2D eigenvalue weighted by Crippen LogP contribution is -2.45. The summed E-state index contributed by atoms with van der Waals surface area (Å²) in [6.07, 6.45) is 2.25. The van der Waals surface area contributed by atoms with Crippen molar-refractivity contribution in [1.29, 1.82) is 0 Å². The summed E-state index contributed by atoms with van der Waals surface area (Å²) in [5, 5.41) is 0. The van der Waals surface area contributed by atoms with E-state index in [2.05, 4.69) is 4.98 Å². The molecule has 2 atom stereocenters. The van der Waals surface area contributed by atoms with Crippen LogP contribution < -0.4 is 0 Å². The van der Waals surface area contributed by atoms with E-state index in [9.17, 15) is 9.59 Å². The zero-order valence-electron chi connectivity index (χ0n) is 11.2. The van der Waals surface area contributed by atoms with Crippen LogP contribution in [0.2, 0.25) is 0 Å². The van der Waals surface area contributed by atoms with Crippen molar-refractivity contribution in [2.75, 3.05) is 20.2 Å².